The van der Waals surface area contributed by atoms with E-state index >= 15 is 0 Å². The van der Waals surface area contributed by atoms with Gasteiger partial charge in [0.2, 0.25) is 0 Å². The van der Waals surface area contributed by atoms with Gasteiger partial charge >= 0.3 is 12.1 Å². The zero-order valence-electron chi connectivity index (χ0n) is 16.4. The first kappa shape index (κ1) is 20.8. The van der Waals surface area contributed by atoms with Gasteiger partial charge < -0.3 is 15.2 Å². The molecule has 2 N–H and O–H groups in total. The average Bonchev–Trinajstić information content (AvgIpc) is 3.54. The van der Waals surface area contributed by atoms with Crippen molar-refractivity contribution in [2.75, 3.05) is 5.32 Å². The van der Waals surface area contributed by atoms with Gasteiger partial charge in [-0.05, 0) is 65.9 Å². The number of carboxylic acids is 1. The number of halogens is 3. The number of benzene rings is 3. The van der Waals surface area contributed by atoms with Gasteiger partial charge in [0.05, 0.1) is 11.5 Å². The predicted molar refractivity (Wildman–Crippen MR) is 110 cm³/mol. The molecular formula is C24H20F3NO3. The molecule has 0 amide bonds. The van der Waals surface area contributed by atoms with E-state index in [1.807, 2.05) is 30.3 Å². The molecule has 7 heteroatoms. The summed E-state index contributed by atoms with van der Waals surface area (Å²) in [6.45, 7) is 0.500. The fraction of sp³-hybridized carbons (Fsp3) is 0.208. The number of ether oxygens (including phenoxy) is 1. The van der Waals surface area contributed by atoms with Crippen LogP contribution in [0.4, 0.5) is 18.9 Å². The van der Waals surface area contributed by atoms with Gasteiger partial charge in [0.1, 0.15) is 11.5 Å². The van der Waals surface area contributed by atoms with Crippen LogP contribution in [0, 0.1) is 5.92 Å². The number of carbonyl (C=O) groups is 1. The van der Waals surface area contributed by atoms with Gasteiger partial charge in [0.25, 0.3) is 0 Å². The largest absolute Gasteiger partial charge is 0.481 e. The molecule has 0 heterocycles. The van der Waals surface area contributed by atoms with Gasteiger partial charge in [-0.15, -0.1) is 0 Å². The lowest BCUT2D eigenvalue weighted by molar-refractivity contribution is -0.139. The second-order valence-corrected chi connectivity index (χ2v) is 7.54. The van der Waals surface area contributed by atoms with Gasteiger partial charge in [-0.2, -0.15) is 13.2 Å². The Kier molecular flexibility index (Phi) is 5.59. The lowest BCUT2D eigenvalue weighted by atomic mass is 10.1. The van der Waals surface area contributed by atoms with Crippen LogP contribution in [-0.4, -0.2) is 11.1 Å². The van der Waals surface area contributed by atoms with E-state index in [-0.39, 0.29) is 17.6 Å². The van der Waals surface area contributed by atoms with Crippen molar-refractivity contribution in [1.82, 2.24) is 0 Å². The molecule has 3 aromatic rings. The minimum absolute atomic E-state index is 0.0937. The number of rotatable bonds is 7. The van der Waals surface area contributed by atoms with E-state index in [2.05, 4.69) is 5.32 Å². The monoisotopic (exact) mass is 427 g/mol. The van der Waals surface area contributed by atoms with E-state index in [1.54, 1.807) is 18.2 Å². The third-order valence-corrected chi connectivity index (χ3v) is 5.24. The van der Waals surface area contributed by atoms with Gasteiger partial charge in [-0.25, -0.2) is 0 Å². The Morgan fingerprint density at radius 3 is 2.32 bits per heavy atom. The first-order valence-corrected chi connectivity index (χ1v) is 9.80. The molecule has 160 valence electrons. The highest BCUT2D eigenvalue weighted by Gasteiger charge is 2.44. The number of carboxylic acid groups (broad SMARTS) is 1. The predicted octanol–water partition coefficient (Wildman–Crippen LogP) is 6.30. The van der Waals surface area contributed by atoms with Crippen molar-refractivity contribution in [3.8, 4) is 11.5 Å². The molecule has 31 heavy (non-hydrogen) atoms. The highest BCUT2D eigenvalue weighted by molar-refractivity contribution is 5.75. The second kappa shape index (κ2) is 8.34. The third-order valence-electron chi connectivity index (χ3n) is 5.24. The summed E-state index contributed by atoms with van der Waals surface area (Å²) < 4.78 is 44.2. The Balaban J connectivity index is 1.36. The molecule has 0 bridgehead atoms. The maximum atomic E-state index is 12.9. The van der Waals surface area contributed by atoms with Crippen LogP contribution in [0.3, 0.4) is 0 Å². The van der Waals surface area contributed by atoms with E-state index in [0.717, 1.165) is 28.9 Å². The Morgan fingerprint density at radius 1 is 1.00 bits per heavy atom. The maximum Gasteiger partial charge on any atom is 0.416 e. The van der Waals surface area contributed by atoms with Crippen LogP contribution in [0.2, 0.25) is 0 Å². The summed E-state index contributed by atoms with van der Waals surface area (Å²) in [5.74, 6) is -0.369. The first-order chi connectivity index (χ1) is 14.8. The van der Waals surface area contributed by atoms with Crippen LogP contribution in [0.15, 0.2) is 72.8 Å². The molecule has 0 spiro atoms. The van der Waals surface area contributed by atoms with E-state index in [4.69, 9.17) is 9.84 Å². The van der Waals surface area contributed by atoms with Crippen LogP contribution >= 0.6 is 0 Å². The van der Waals surface area contributed by atoms with Crippen molar-refractivity contribution in [2.45, 2.75) is 25.1 Å². The van der Waals surface area contributed by atoms with Crippen LogP contribution in [0.25, 0.3) is 0 Å². The summed E-state index contributed by atoms with van der Waals surface area (Å²) in [6.07, 6.45) is -3.74. The number of anilines is 1. The fourth-order valence-corrected chi connectivity index (χ4v) is 3.48. The summed E-state index contributed by atoms with van der Waals surface area (Å²) >= 11 is 0. The minimum Gasteiger partial charge on any atom is -0.481 e. The molecule has 0 radical (unpaired) electrons. The molecule has 0 saturated heterocycles. The van der Waals surface area contributed by atoms with E-state index < -0.39 is 17.7 Å². The summed E-state index contributed by atoms with van der Waals surface area (Å²) in [4.78, 5) is 11.0. The Bertz CT molecular complexity index is 1080. The molecule has 1 saturated carbocycles. The molecule has 3 aromatic carbocycles. The van der Waals surface area contributed by atoms with Crippen molar-refractivity contribution in [3.63, 3.8) is 0 Å². The quantitative estimate of drug-likeness (QED) is 0.465. The van der Waals surface area contributed by atoms with Crippen molar-refractivity contribution < 1.29 is 27.8 Å². The van der Waals surface area contributed by atoms with E-state index in [0.29, 0.717) is 18.7 Å². The van der Waals surface area contributed by atoms with E-state index in [1.165, 1.54) is 12.1 Å². The highest BCUT2D eigenvalue weighted by atomic mass is 19.4. The molecule has 1 aliphatic carbocycles. The standard InChI is InChI=1S/C24H20F3NO3/c25-24(26,27)17-4-2-6-20(12-17)31-19-5-1-3-15(11-19)14-28-18-9-7-16(8-10-18)21-13-22(21)23(29)30/h1-12,21-22,28H,13-14H2,(H,29,30). The summed E-state index contributed by atoms with van der Waals surface area (Å²) in [5.41, 5.74) is 2.06. The average molecular weight is 427 g/mol. The molecule has 4 rings (SSSR count). The minimum atomic E-state index is -4.42. The third kappa shape index (κ3) is 5.17. The number of hydrogen-bond acceptors (Lipinski definition) is 3. The van der Waals surface area contributed by atoms with Crippen LogP contribution in [0.1, 0.15) is 29.0 Å². The molecule has 2 unspecified atom stereocenters. The molecule has 2 atom stereocenters. The zero-order chi connectivity index (χ0) is 22.0. The topological polar surface area (TPSA) is 58.6 Å². The lowest BCUT2D eigenvalue weighted by Gasteiger charge is -2.12. The molecular weight excluding hydrogens is 407 g/mol. The van der Waals surface area contributed by atoms with Gasteiger partial charge in [-0.3, -0.25) is 4.79 Å². The number of alkyl halides is 3. The van der Waals surface area contributed by atoms with Crippen LogP contribution < -0.4 is 10.1 Å². The summed E-state index contributed by atoms with van der Waals surface area (Å²) in [5, 5.41) is 12.3. The van der Waals surface area contributed by atoms with Gasteiger partial charge in [-0.1, -0.05) is 30.3 Å². The van der Waals surface area contributed by atoms with Gasteiger partial charge in [0.15, 0.2) is 0 Å². The van der Waals surface area contributed by atoms with E-state index in [9.17, 15) is 18.0 Å². The summed E-state index contributed by atoms with van der Waals surface area (Å²) in [7, 11) is 0. The van der Waals surface area contributed by atoms with Crippen LogP contribution in [0.5, 0.6) is 11.5 Å². The van der Waals surface area contributed by atoms with Crippen molar-refractivity contribution in [3.05, 3.63) is 89.5 Å². The fourth-order valence-electron chi connectivity index (χ4n) is 3.48. The Labute approximate surface area is 177 Å². The second-order valence-electron chi connectivity index (χ2n) is 7.54. The molecule has 0 aliphatic heterocycles. The van der Waals surface area contributed by atoms with Crippen molar-refractivity contribution >= 4 is 11.7 Å². The molecule has 0 aromatic heterocycles. The normalized spacial score (nSPS) is 17.8. The Hall–Kier alpha value is -3.48. The van der Waals surface area contributed by atoms with Crippen molar-refractivity contribution in [2.24, 2.45) is 5.92 Å². The van der Waals surface area contributed by atoms with Gasteiger partial charge in [0, 0.05) is 12.2 Å². The molecule has 1 fully saturated rings. The lowest BCUT2D eigenvalue weighted by Crippen LogP contribution is -2.04. The number of hydrogen-bond donors (Lipinski definition) is 2. The molecule has 1 aliphatic rings. The van der Waals surface area contributed by atoms with Crippen LogP contribution in [-0.2, 0) is 17.5 Å². The zero-order valence-corrected chi connectivity index (χ0v) is 16.4. The number of nitrogens with one attached hydrogen (secondary N) is 1. The summed E-state index contributed by atoms with van der Waals surface area (Å²) in [6, 6.07) is 19.6. The highest BCUT2D eigenvalue weighted by Crippen LogP contribution is 2.47. The smallest absolute Gasteiger partial charge is 0.416 e. The number of aliphatic carboxylic acids is 1. The SMILES string of the molecule is O=C(O)C1CC1c1ccc(NCc2cccc(Oc3cccc(C(F)(F)F)c3)c2)cc1. The maximum absolute atomic E-state index is 12.9. The first-order valence-electron chi connectivity index (χ1n) is 9.80. The van der Waals surface area contributed by atoms with Crippen molar-refractivity contribution in [1.29, 1.82) is 0 Å². The Morgan fingerprint density at radius 2 is 1.68 bits per heavy atom. The molecule has 4 nitrogen and oxygen atoms in total.